The van der Waals surface area contributed by atoms with Crippen LogP contribution in [0.15, 0.2) is 24.8 Å². The molecule has 2 rings (SSSR count). The fourth-order valence-corrected chi connectivity index (χ4v) is 4.47. The Balaban J connectivity index is 1.54. The largest absolute Gasteiger partial charge is 0.377 e. The molecule has 0 saturated heterocycles. The van der Waals surface area contributed by atoms with Crippen molar-refractivity contribution in [3.8, 4) is 0 Å². The molecule has 0 aliphatic heterocycles. The molecule has 0 bridgehead atoms. The van der Waals surface area contributed by atoms with Crippen LogP contribution in [-0.2, 0) is 4.74 Å². The van der Waals surface area contributed by atoms with Gasteiger partial charge in [-0.15, -0.1) is 6.58 Å². The van der Waals surface area contributed by atoms with Gasteiger partial charge in [-0.2, -0.15) is 0 Å². The van der Waals surface area contributed by atoms with Gasteiger partial charge in [-0.05, 0) is 68.6 Å². The minimum absolute atomic E-state index is 0.718. The van der Waals surface area contributed by atoms with E-state index in [0.717, 1.165) is 36.9 Å². The van der Waals surface area contributed by atoms with Crippen molar-refractivity contribution in [1.82, 2.24) is 0 Å². The Morgan fingerprint density at radius 3 is 2.00 bits per heavy atom. The summed E-state index contributed by atoms with van der Waals surface area (Å²) in [4.78, 5) is 0. The second-order valence-corrected chi connectivity index (χ2v) is 7.91. The molecule has 1 nitrogen and oxygen atoms in total. The molecule has 2 fully saturated rings. The summed E-state index contributed by atoms with van der Waals surface area (Å²) in [6.45, 7) is 7.62. The molecule has 132 valence electrons. The van der Waals surface area contributed by atoms with E-state index in [1.807, 2.05) is 6.08 Å². The standard InChI is InChI=1S/C22H38O/c1-3-5-6-19-7-9-20(10-8-19)11-12-21-13-15-22(16-14-21)18-23-17-4-2/h4-6,19-22H,2-3,7-18H2,1H3/b6-5+. The predicted octanol–water partition coefficient (Wildman–Crippen LogP) is 6.55. The van der Waals surface area contributed by atoms with E-state index in [0.29, 0.717) is 0 Å². The van der Waals surface area contributed by atoms with E-state index in [-0.39, 0.29) is 0 Å². The van der Waals surface area contributed by atoms with Crippen LogP contribution >= 0.6 is 0 Å². The maximum atomic E-state index is 5.63. The summed E-state index contributed by atoms with van der Waals surface area (Å²) in [5.41, 5.74) is 0. The van der Waals surface area contributed by atoms with Gasteiger partial charge in [0.05, 0.1) is 6.61 Å². The van der Waals surface area contributed by atoms with Gasteiger partial charge >= 0.3 is 0 Å². The Morgan fingerprint density at radius 1 is 0.870 bits per heavy atom. The van der Waals surface area contributed by atoms with Crippen molar-refractivity contribution in [2.24, 2.45) is 23.7 Å². The SMILES string of the molecule is C=CCOCC1CCC(CCC2CCC(/C=C/CC)CC2)CC1. The highest BCUT2D eigenvalue weighted by Crippen LogP contribution is 2.36. The molecule has 0 N–H and O–H groups in total. The molecule has 0 aromatic heterocycles. The smallest absolute Gasteiger partial charge is 0.0644 e. The fraction of sp³-hybridized carbons (Fsp3) is 0.818. The molecule has 2 aliphatic carbocycles. The maximum Gasteiger partial charge on any atom is 0.0644 e. The van der Waals surface area contributed by atoms with Gasteiger partial charge in [0.25, 0.3) is 0 Å². The second-order valence-electron chi connectivity index (χ2n) is 7.91. The topological polar surface area (TPSA) is 9.23 Å². The zero-order valence-electron chi connectivity index (χ0n) is 15.3. The number of hydrogen-bond acceptors (Lipinski definition) is 1. The van der Waals surface area contributed by atoms with E-state index in [9.17, 15) is 0 Å². The third-order valence-electron chi connectivity index (χ3n) is 6.07. The summed E-state index contributed by atoms with van der Waals surface area (Å²) in [6.07, 6.45) is 22.4. The van der Waals surface area contributed by atoms with E-state index < -0.39 is 0 Å². The molecule has 0 heterocycles. The van der Waals surface area contributed by atoms with Crippen molar-refractivity contribution in [2.75, 3.05) is 13.2 Å². The Morgan fingerprint density at radius 2 is 1.43 bits per heavy atom. The van der Waals surface area contributed by atoms with E-state index in [1.54, 1.807) is 0 Å². The summed E-state index contributed by atoms with van der Waals surface area (Å²) in [5.74, 6) is 3.72. The van der Waals surface area contributed by atoms with Crippen LogP contribution in [0, 0.1) is 23.7 Å². The fourth-order valence-electron chi connectivity index (χ4n) is 4.47. The van der Waals surface area contributed by atoms with Gasteiger partial charge in [0.15, 0.2) is 0 Å². The quantitative estimate of drug-likeness (QED) is 0.346. The summed E-state index contributed by atoms with van der Waals surface area (Å²) in [6, 6.07) is 0. The Hall–Kier alpha value is -0.560. The normalized spacial score (nSPS) is 32.2. The van der Waals surface area contributed by atoms with Crippen molar-refractivity contribution in [3.05, 3.63) is 24.8 Å². The van der Waals surface area contributed by atoms with E-state index in [4.69, 9.17) is 4.74 Å². The lowest BCUT2D eigenvalue weighted by Crippen LogP contribution is -2.20. The minimum atomic E-state index is 0.718. The van der Waals surface area contributed by atoms with E-state index >= 15 is 0 Å². The van der Waals surface area contributed by atoms with Crippen molar-refractivity contribution in [2.45, 2.75) is 77.6 Å². The van der Waals surface area contributed by atoms with Crippen LogP contribution < -0.4 is 0 Å². The Kier molecular flexibility index (Phi) is 9.04. The average molecular weight is 319 g/mol. The van der Waals surface area contributed by atoms with Crippen LogP contribution in [-0.4, -0.2) is 13.2 Å². The molecule has 0 spiro atoms. The van der Waals surface area contributed by atoms with Crippen LogP contribution in [0.5, 0.6) is 0 Å². The summed E-state index contributed by atoms with van der Waals surface area (Å²) >= 11 is 0. The molecule has 2 aliphatic rings. The lowest BCUT2D eigenvalue weighted by Gasteiger charge is -2.31. The zero-order valence-corrected chi connectivity index (χ0v) is 15.3. The predicted molar refractivity (Wildman–Crippen MR) is 101 cm³/mol. The van der Waals surface area contributed by atoms with Crippen molar-refractivity contribution < 1.29 is 4.74 Å². The number of ether oxygens (including phenoxy) is 1. The number of rotatable bonds is 9. The number of allylic oxidation sites excluding steroid dienone is 2. The van der Waals surface area contributed by atoms with Crippen LogP contribution in [0.1, 0.15) is 77.6 Å². The van der Waals surface area contributed by atoms with Gasteiger partial charge in [-0.25, -0.2) is 0 Å². The monoisotopic (exact) mass is 318 g/mol. The third kappa shape index (κ3) is 7.25. The van der Waals surface area contributed by atoms with Gasteiger partial charge in [0, 0.05) is 6.61 Å². The number of hydrogen-bond donors (Lipinski definition) is 0. The van der Waals surface area contributed by atoms with Crippen molar-refractivity contribution in [3.63, 3.8) is 0 Å². The van der Waals surface area contributed by atoms with Crippen LogP contribution in [0.3, 0.4) is 0 Å². The molecule has 1 heteroatoms. The zero-order chi connectivity index (χ0) is 16.3. The molecule has 0 aromatic carbocycles. The Labute approximate surface area is 144 Å². The summed E-state index contributed by atoms with van der Waals surface area (Å²) in [5, 5.41) is 0. The Bertz CT molecular complexity index is 330. The highest BCUT2D eigenvalue weighted by molar-refractivity contribution is 4.90. The molecule has 0 amide bonds. The highest BCUT2D eigenvalue weighted by atomic mass is 16.5. The van der Waals surface area contributed by atoms with Gasteiger partial charge < -0.3 is 4.74 Å². The molecule has 23 heavy (non-hydrogen) atoms. The lowest BCUT2D eigenvalue weighted by atomic mass is 9.75. The highest BCUT2D eigenvalue weighted by Gasteiger charge is 2.24. The molecule has 0 unspecified atom stereocenters. The second kappa shape index (κ2) is 11.1. The first-order valence-corrected chi connectivity index (χ1v) is 10.2. The minimum Gasteiger partial charge on any atom is -0.377 e. The van der Waals surface area contributed by atoms with Crippen LogP contribution in [0.2, 0.25) is 0 Å². The molecular weight excluding hydrogens is 280 g/mol. The molecular formula is C22H38O. The van der Waals surface area contributed by atoms with Crippen LogP contribution in [0.25, 0.3) is 0 Å². The van der Waals surface area contributed by atoms with Crippen molar-refractivity contribution in [1.29, 1.82) is 0 Å². The first-order valence-electron chi connectivity index (χ1n) is 10.2. The van der Waals surface area contributed by atoms with Crippen molar-refractivity contribution >= 4 is 0 Å². The molecule has 2 saturated carbocycles. The maximum absolute atomic E-state index is 5.63. The lowest BCUT2D eigenvalue weighted by molar-refractivity contribution is 0.0937. The molecule has 0 aromatic rings. The van der Waals surface area contributed by atoms with Crippen LogP contribution in [0.4, 0.5) is 0 Å². The van der Waals surface area contributed by atoms with Gasteiger partial charge in [0.2, 0.25) is 0 Å². The van der Waals surface area contributed by atoms with Gasteiger partial charge in [0.1, 0.15) is 0 Å². The first kappa shape index (κ1) is 18.8. The molecule has 0 atom stereocenters. The van der Waals surface area contributed by atoms with E-state index in [1.165, 1.54) is 70.6 Å². The van der Waals surface area contributed by atoms with Gasteiger partial charge in [-0.3, -0.25) is 0 Å². The van der Waals surface area contributed by atoms with Gasteiger partial charge in [-0.1, -0.05) is 50.8 Å². The summed E-state index contributed by atoms with van der Waals surface area (Å²) in [7, 11) is 0. The van der Waals surface area contributed by atoms with E-state index in [2.05, 4.69) is 25.7 Å². The first-order chi connectivity index (χ1) is 11.3. The average Bonchev–Trinajstić information content (AvgIpc) is 2.60. The molecule has 0 radical (unpaired) electrons. The third-order valence-corrected chi connectivity index (χ3v) is 6.07. The summed E-state index contributed by atoms with van der Waals surface area (Å²) < 4.78 is 5.63.